The first-order valence-electron chi connectivity index (χ1n) is 7.23. The summed E-state index contributed by atoms with van der Waals surface area (Å²) in [5.41, 5.74) is 1.17. The number of rotatable bonds is 6. The predicted molar refractivity (Wildman–Crippen MR) is 83.1 cm³/mol. The van der Waals surface area contributed by atoms with Crippen molar-refractivity contribution in [2.24, 2.45) is 0 Å². The van der Waals surface area contributed by atoms with Crippen molar-refractivity contribution < 1.29 is 4.79 Å². The fraction of sp³-hybridized carbons (Fsp3) is 0.714. The molecule has 1 saturated carbocycles. The molecule has 2 rings (SSSR count). The molecule has 1 fully saturated rings. The molecule has 112 valence electrons. The standard InChI is InChI=1S/C14H24N4OS/c1-11-9-16-18(10-11)7-3-6-15-14(19)17-12-4-5-13(8-12)20-2/h9-10,12-13H,3-8H2,1-2H3,(H2,15,17,19). The summed E-state index contributed by atoms with van der Waals surface area (Å²) < 4.78 is 1.91. The number of urea groups is 1. The zero-order valence-electron chi connectivity index (χ0n) is 12.3. The number of thioether (sulfide) groups is 1. The molecule has 0 spiro atoms. The van der Waals surface area contributed by atoms with Gasteiger partial charge in [-0.2, -0.15) is 16.9 Å². The normalized spacial score (nSPS) is 21.9. The van der Waals surface area contributed by atoms with Crippen molar-refractivity contribution in [1.82, 2.24) is 20.4 Å². The Hall–Kier alpha value is -1.17. The van der Waals surface area contributed by atoms with Crippen LogP contribution in [0.3, 0.4) is 0 Å². The number of hydrogen-bond acceptors (Lipinski definition) is 3. The van der Waals surface area contributed by atoms with Crippen LogP contribution in [0.15, 0.2) is 12.4 Å². The van der Waals surface area contributed by atoms with Crippen LogP contribution in [0.4, 0.5) is 4.79 Å². The van der Waals surface area contributed by atoms with Crippen molar-refractivity contribution in [3.8, 4) is 0 Å². The second-order valence-electron chi connectivity index (χ2n) is 5.40. The molecule has 0 bridgehead atoms. The lowest BCUT2D eigenvalue weighted by Gasteiger charge is -2.13. The van der Waals surface area contributed by atoms with Crippen LogP contribution in [-0.4, -0.2) is 39.9 Å². The van der Waals surface area contributed by atoms with Gasteiger partial charge in [0, 0.05) is 30.6 Å². The number of aryl methyl sites for hydroxylation is 2. The highest BCUT2D eigenvalue weighted by molar-refractivity contribution is 7.99. The topological polar surface area (TPSA) is 59.0 Å². The van der Waals surface area contributed by atoms with E-state index in [2.05, 4.69) is 22.0 Å². The molecule has 5 nitrogen and oxygen atoms in total. The summed E-state index contributed by atoms with van der Waals surface area (Å²) in [6, 6.07) is 0.314. The van der Waals surface area contributed by atoms with Gasteiger partial charge in [-0.25, -0.2) is 4.79 Å². The fourth-order valence-corrected chi connectivity index (χ4v) is 3.35. The Morgan fingerprint density at radius 2 is 2.40 bits per heavy atom. The van der Waals surface area contributed by atoms with Gasteiger partial charge in [0.2, 0.25) is 0 Å². The van der Waals surface area contributed by atoms with E-state index in [1.165, 1.54) is 12.0 Å². The molecule has 2 N–H and O–H groups in total. The maximum absolute atomic E-state index is 11.8. The van der Waals surface area contributed by atoms with Gasteiger partial charge in [0.25, 0.3) is 0 Å². The molecule has 6 heteroatoms. The molecule has 1 aliphatic rings. The van der Waals surface area contributed by atoms with Gasteiger partial charge in [0.05, 0.1) is 6.20 Å². The van der Waals surface area contributed by atoms with Crippen molar-refractivity contribution in [3.05, 3.63) is 18.0 Å². The lowest BCUT2D eigenvalue weighted by Crippen LogP contribution is -2.41. The summed E-state index contributed by atoms with van der Waals surface area (Å²) in [5, 5.41) is 10.9. The van der Waals surface area contributed by atoms with E-state index >= 15 is 0 Å². The van der Waals surface area contributed by atoms with Crippen LogP contribution >= 0.6 is 11.8 Å². The number of nitrogens with one attached hydrogen (secondary N) is 2. The van der Waals surface area contributed by atoms with Crippen molar-refractivity contribution in [2.45, 2.75) is 50.4 Å². The van der Waals surface area contributed by atoms with E-state index in [9.17, 15) is 4.79 Å². The van der Waals surface area contributed by atoms with Crippen LogP contribution < -0.4 is 10.6 Å². The largest absolute Gasteiger partial charge is 0.338 e. The highest BCUT2D eigenvalue weighted by atomic mass is 32.2. The van der Waals surface area contributed by atoms with E-state index < -0.39 is 0 Å². The lowest BCUT2D eigenvalue weighted by atomic mass is 10.2. The highest BCUT2D eigenvalue weighted by Gasteiger charge is 2.24. The van der Waals surface area contributed by atoms with E-state index in [4.69, 9.17) is 0 Å². The zero-order chi connectivity index (χ0) is 14.4. The van der Waals surface area contributed by atoms with E-state index in [0.717, 1.165) is 25.8 Å². The van der Waals surface area contributed by atoms with Crippen LogP contribution in [0.2, 0.25) is 0 Å². The minimum atomic E-state index is -0.0339. The molecule has 20 heavy (non-hydrogen) atoms. The summed E-state index contributed by atoms with van der Waals surface area (Å²) in [4.78, 5) is 11.8. The third kappa shape index (κ3) is 4.74. The van der Waals surface area contributed by atoms with Crippen molar-refractivity contribution in [3.63, 3.8) is 0 Å². The predicted octanol–water partition coefficient (Wildman–Crippen LogP) is 2.16. The molecule has 0 radical (unpaired) electrons. The minimum absolute atomic E-state index is 0.0339. The third-order valence-corrected chi connectivity index (χ3v) is 4.76. The number of aromatic nitrogens is 2. The molecule has 1 heterocycles. The smallest absolute Gasteiger partial charge is 0.315 e. The molecule has 0 aliphatic heterocycles. The SMILES string of the molecule is CSC1CCC(NC(=O)NCCCn2cc(C)cn2)C1. The second kappa shape index (κ2) is 7.57. The molecular formula is C14H24N4OS. The highest BCUT2D eigenvalue weighted by Crippen LogP contribution is 2.27. The quantitative estimate of drug-likeness (QED) is 0.791. The molecule has 2 amide bonds. The maximum atomic E-state index is 11.8. The Morgan fingerprint density at radius 1 is 1.55 bits per heavy atom. The summed E-state index contributed by atoms with van der Waals surface area (Å²) >= 11 is 1.90. The van der Waals surface area contributed by atoms with Gasteiger partial charge in [-0.05, 0) is 44.4 Å². The summed E-state index contributed by atoms with van der Waals surface area (Å²) in [6.07, 6.45) is 10.3. The average Bonchev–Trinajstić information content (AvgIpc) is 3.04. The van der Waals surface area contributed by atoms with Gasteiger partial charge in [-0.3, -0.25) is 4.68 Å². The first-order valence-corrected chi connectivity index (χ1v) is 8.52. The van der Waals surface area contributed by atoms with Gasteiger partial charge < -0.3 is 10.6 Å². The van der Waals surface area contributed by atoms with Gasteiger partial charge in [-0.1, -0.05) is 0 Å². The number of hydrogen-bond donors (Lipinski definition) is 2. The zero-order valence-corrected chi connectivity index (χ0v) is 13.1. The summed E-state index contributed by atoms with van der Waals surface area (Å²) in [7, 11) is 0. The van der Waals surface area contributed by atoms with Crippen LogP contribution in [0.1, 0.15) is 31.2 Å². The molecular weight excluding hydrogens is 272 g/mol. The Kier molecular flexibility index (Phi) is 5.76. The first kappa shape index (κ1) is 15.2. The molecule has 2 unspecified atom stereocenters. The summed E-state index contributed by atoms with van der Waals surface area (Å²) in [5.74, 6) is 0. The molecule has 1 aromatic rings. The molecule has 0 aromatic carbocycles. The van der Waals surface area contributed by atoms with Crippen molar-refractivity contribution >= 4 is 17.8 Å². The van der Waals surface area contributed by atoms with Gasteiger partial charge in [0.15, 0.2) is 0 Å². The van der Waals surface area contributed by atoms with Crippen LogP contribution in [0, 0.1) is 6.92 Å². The maximum Gasteiger partial charge on any atom is 0.315 e. The molecule has 1 aromatic heterocycles. The van der Waals surface area contributed by atoms with Crippen molar-refractivity contribution in [2.75, 3.05) is 12.8 Å². The monoisotopic (exact) mass is 296 g/mol. The molecule has 0 saturated heterocycles. The number of amides is 2. The Labute approximate surface area is 124 Å². The van der Waals surface area contributed by atoms with E-state index in [1.807, 2.05) is 35.8 Å². The molecule has 2 atom stereocenters. The first-order chi connectivity index (χ1) is 9.67. The summed E-state index contributed by atoms with van der Waals surface area (Å²) in [6.45, 7) is 3.55. The average molecular weight is 296 g/mol. The van der Waals surface area contributed by atoms with Gasteiger partial charge in [-0.15, -0.1) is 0 Å². The minimum Gasteiger partial charge on any atom is -0.338 e. The van der Waals surface area contributed by atoms with Gasteiger partial charge >= 0.3 is 6.03 Å². The Morgan fingerprint density at radius 3 is 3.05 bits per heavy atom. The third-order valence-electron chi connectivity index (χ3n) is 3.66. The Balaban J connectivity index is 1.56. The molecule has 1 aliphatic carbocycles. The van der Waals surface area contributed by atoms with E-state index in [-0.39, 0.29) is 6.03 Å². The van der Waals surface area contributed by atoms with Crippen molar-refractivity contribution in [1.29, 1.82) is 0 Å². The number of nitrogens with zero attached hydrogens (tertiary/aromatic N) is 2. The number of carbonyl (C=O) groups is 1. The number of carbonyl (C=O) groups excluding carboxylic acids is 1. The van der Waals surface area contributed by atoms with Gasteiger partial charge in [0.1, 0.15) is 0 Å². The lowest BCUT2D eigenvalue weighted by molar-refractivity contribution is 0.237. The second-order valence-corrected chi connectivity index (χ2v) is 6.54. The van der Waals surface area contributed by atoms with Crippen LogP contribution in [0.5, 0.6) is 0 Å². The van der Waals surface area contributed by atoms with E-state index in [0.29, 0.717) is 17.8 Å². The Bertz CT molecular complexity index is 435. The van der Waals surface area contributed by atoms with E-state index in [1.54, 1.807) is 0 Å². The van der Waals surface area contributed by atoms with Crippen LogP contribution in [-0.2, 0) is 6.54 Å². The fourth-order valence-electron chi connectivity index (χ4n) is 2.55. The van der Waals surface area contributed by atoms with Crippen LogP contribution in [0.25, 0.3) is 0 Å².